The molecule has 2 aliphatic rings. The molecule has 2 fully saturated rings. The maximum Gasteiger partial charge on any atom is 0.337 e. The van der Waals surface area contributed by atoms with E-state index in [4.69, 9.17) is 6.57 Å². The number of amides is 1. The van der Waals surface area contributed by atoms with Crippen molar-refractivity contribution in [1.29, 1.82) is 0 Å². The highest BCUT2D eigenvalue weighted by Gasteiger charge is 2.39. The van der Waals surface area contributed by atoms with Gasteiger partial charge in [0.15, 0.2) is 0 Å². The SMILES string of the molecule is [C-]#[N+]C(C)(C)C(=O)N1CCC(CN2CC[C@@H](Cc3cn(-c4ccc(F)cc4C(=O)O)c4cncc(C)c34)C2)CC1. The second-order valence-electron chi connectivity index (χ2n) is 11.9. The quantitative estimate of drug-likeness (QED) is 0.424. The Balaban J connectivity index is 1.27. The van der Waals surface area contributed by atoms with Crippen molar-refractivity contribution >= 4 is 22.8 Å². The molecular weight excluding hydrogens is 509 g/mol. The third-order valence-corrected chi connectivity index (χ3v) is 8.53. The lowest BCUT2D eigenvalue weighted by atomic mass is 9.94. The summed E-state index contributed by atoms with van der Waals surface area (Å²) in [6.07, 6.45) is 9.46. The highest BCUT2D eigenvalue weighted by Crippen LogP contribution is 2.33. The Bertz CT molecular complexity index is 1480. The number of hydrogen-bond acceptors (Lipinski definition) is 4. The number of carboxylic acid groups (broad SMARTS) is 1. The third kappa shape index (κ3) is 5.46. The smallest absolute Gasteiger partial charge is 0.337 e. The number of aromatic carboxylic acids is 1. The van der Waals surface area contributed by atoms with E-state index in [0.29, 0.717) is 30.6 Å². The largest absolute Gasteiger partial charge is 0.478 e. The van der Waals surface area contributed by atoms with Gasteiger partial charge in [-0.2, -0.15) is 0 Å². The molecular formula is C31H36FN5O3. The van der Waals surface area contributed by atoms with Gasteiger partial charge in [0.2, 0.25) is 0 Å². The zero-order valence-corrected chi connectivity index (χ0v) is 23.4. The molecule has 2 aromatic heterocycles. The molecule has 0 saturated carbocycles. The Labute approximate surface area is 234 Å². The van der Waals surface area contributed by atoms with Crippen LogP contribution < -0.4 is 0 Å². The number of likely N-dealkylation sites (tertiary alicyclic amines) is 2. The number of halogens is 1. The van der Waals surface area contributed by atoms with Crippen molar-refractivity contribution in [2.45, 2.75) is 52.0 Å². The highest BCUT2D eigenvalue weighted by molar-refractivity contribution is 5.94. The summed E-state index contributed by atoms with van der Waals surface area (Å²) in [5.74, 6) is -0.803. The molecule has 5 rings (SSSR count). The number of hydrogen-bond donors (Lipinski definition) is 1. The average molecular weight is 546 g/mol. The molecule has 0 radical (unpaired) electrons. The number of benzene rings is 1. The number of carbonyl (C=O) groups is 2. The van der Waals surface area contributed by atoms with E-state index >= 15 is 0 Å². The number of carbonyl (C=O) groups excluding carboxylic acids is 1. The maximum atomic E-state index is 13.9. The minimum absolute atomic E-state index is 0.0667. The van der Waals surface area contributed by atoms with E-state index in [-0.39, 0.29) is 11.5 Å². The molecule has 4 heterocycles. The van der Waals surface area contributed by atoms with Crippen LogP contribution in [0.2, 0.25) is 0 Å². The normalized spacial score (nSPS) is 18.8. The topological polar surface area (TPSA) is 83.0 Å². The minimum atomic E-state index is -1.17. The van der Waals surface area contributed by atoms with E-state index in [1.807, 2.05) is 28.8 Å². The summed E-state index contributed by atoms with van der Waals surface area (Å²) in [7, 11) is 0. The van der Waals surface area contributed by atoms with Crippen LogP contribution in [0.4, 0.5) is 4.39 Å². The average Bonchev–Trinajstić information content (AvgIpc) is 3.53. The van der Waals surface area contributed by atoms with E-state index in [2.05, 4.69) is 14.7 Å². The van der Waals surface area contributed by atoms with Gasteiger partial charge in [-0.3, -0.25) is 9.78 Å². The van der Waals surface area contributed by atoms with Gasteiger partial charge < -0.3 is 24.3 Å². The molecule has 40 heavy (non-hydrogen) atoms. The Kier molecular flexibility index (Phi) is 7.65. The molecule has 1 aromatic carbocycles. The molecule has 8 nitrogen and oxygen atoms in total. The second kappa shape index (κ2) is 11.0. The van der Waals surface area contributed by atoms with Crippen molar-refractivity contribution in [3.63, 3.8) is 0 Å². The fraction of sp³-hybridized carbons (Fsp3) is 0.484. The van der Waals surface area contributed by atoms with Crippen LogP contribution in [0.5, 0.6) is 0 Å². The fourth-order valence-corrected chi connectivity index (χ4v) is 6.36. The van der Waals surface area contributed by atoms with Crippen LogP contribution in [0, 0.1) is 31.1 Å². The Morgan fingerprint density at radius 2 is 1.88 bits per heavy atom. The summed E-state index contributed by atoms with van der Waals surface area (Å²) in [4.78, 5) is 36.8. The van der Waals surface area contributed by atoms with E-state index in [0.717, 1.165) is 73.4 Å². The molecule has 1 N–H and O–H groups in total. The van der Waals surface area contributed by atoms with Gasteiger partial charge in [-0.1, -0.05) is 0 Å². The monoisotopic (exact) mass is 545 g/mol. The molecule has 2 saturated heterocycles. The summed E-state index contributed by atoms with van der Waals surface area (Å²) < 4.78 is 15.7. The standard InChI is InChI=1S/C31H36FN5O3/c1-20-15-34-16-27-28(20)23(19-37(27)26-6-5-24(32)14-25(26)29(38)39)13-22-7-10-35(18-22)17-21-8-11-36(12-9-21)30(40)31(2,3)33-4/h5-6,14-16,19,21-22H,7-13,17-18H2,1-3H3,(H,38,39)/t22-/m0/s1. The van der Waals surface area contributed by atoms with Crippen LogP contribution >= 0.6 is 0 Å². The molecule has 2 aliphatic heterocycles. The number of nitrogens with zero attached hydrogens (tertiary/aromatic N) is 5. The molecule has 9 heteroatoms. The summed E-state index contributed by atoms with van der Waals surface area (Å²) >= 11 is 0. The Morgan fingerprint density at radius 1 is 1.15 bits per heavy atom. The number of piperidine rings is 1. The van der Waals surface area contributed by atoms with Gasteiger partial charge in [-0.05, 0) is 80.3 Å². The molecule has 1 amide bonds. The molecule has 0 unspecified atom stereocenters. The van der Waals surface area contributed by atoms with Crippen molar-refractivity contribution in [1.82, 2.24) is 19.4 Å². The minimum Gasteiger partial charge on any atom is -0.478 e. The van der Waals surface area contributed by atoms with Crippen LogP contribution in [-0.2, 0) is 11.2 Å². The first kappa shape index (κ1) is 27.8. The van der Waals surface area contributed by atoms with Crippen LogP contribution in [0.3, 0.4) is 0 Å². The van der Waals surface area contributed by atoms with Gasteiger partial charge in [0.1, 0.15) is 5.82 Å². The lowest BCUT2D eigenvalue weighted by Gasteiger charge is -2.35. The van der Waals surface area contributed by atoms with E-state index in [1.165, 1.54) is 12.1 Å². The van der Waals surface area contributed by atoms with E-state index in [1.54, 1.807) is 20.0 Å². The van der Waals surface area contributed by atoms with Crippen LogP contribution in [0.25, 0.3) is 21.4 Å². The number of carboxylic acids is 1. The molecule has 0 spiro atoms. The van der Waals surface area contributed by atoms with Gasteiger partial charge in [0.05, 0.1) is 23.0 Å². The van der Waals surface area contributed by atoms with Gasteiger partial charge in [0, 0.05) is 57.8 Å². The molecule has 0 bridgehead atoms. The van der Waals surface area contributed by atoms with Crippen molar-refractivity contribution < 1.29 is 19.1 Å². The summed E-state index contributed by atoms with van der Waals surface area (Å²) in [5, 5.41) is 10.8. The highest BCUT2D eigenvalue weighted by atomic mass is 19.1. The van der Waals surface area contributed by atoms with Gasteiger partial charge >= 0.3 is 17.4 Å². The number of pyridine rings is 1. The predicted molar refractivity (Wildman–Crippen MR) is 151 cm³/mol. The van der Waals surface area contributed by atoms with Crippen LogP contribution in [-0.4, -0.2) is 74.6 Å². The fourth-order valence-electron chi connectivity index (χ4n) is 6.36. The molecule has 0 aliphatic carbocycles. The second-order valence-corrected chi connectivity index (χ2v) is 11.9. The third-order valence-electron chi connectivity index (χ3n) is 8.53. The zero-order valence-electron chi connectivity index (χ0n) is 23.4. The summed E-state index contributed by atoms with van der Waals surface area (Å²) in [6, 6.07) is 3.87. The lowest BCUT2D eigenvalue weighted by molar-refractivity contribution is -0.135. The number of aromatic nitrogens is 2. The van der Waals surface area contributed by atoms with Gasteiger partial charge in [-0.25, -0.2) is 15.8 Å². The predicted octanol–water partition coefficient (Wildman–Crippen LogP) is 4.97. The molecule has 3 aromatic rings. The first-order valence-corrected chi connectivity index (χ1v) is 14.0. The van der Waals surface area contributed by atoms with Crippen LogP contribution in [0.1, 0.15) is 54.6 Å². The van der Waals surface area contributed by atoms with Crippen molar-refractivity contribution in [2.24, 2.45) is 11.8 Å². The Hall–Kier alpha value is -3.77. The zero-order chi connectivity index (χ0) is 28.6. The van der Waals surface area contributed by atoms with Crippen molar-refractivity contribution in [3.05, 3.63) is 70.7 Å². The van der Waals surface area contributed by atoms with Gasteiger partial charge in [0.25, 0.3) is 0 Å². The Morgan fingerprint density at radius 3 is 2.58 bits per heavy atom. The first-order chi connectivity index (χ1) is 19.1. The lowest BCUT2D eigenvalue weighted by Crippen LogP contribution is -2.48. The van der Waals surface area contributed by atoms with Crippen molar-refractivity contribution in [2.75, 3.05) is 32.7 Å². The van der Waals surface area contributed by atoms with E-state index in [9.17, 15) is 19.1 Å². The van der Waals surface area contributed by atoms with E-state index < -0.39 is 17.3 Å². The number of rotatable bonds is 7. The number of fused-ring (bicyclic) bond motifs is 1. The van der Waals surface area contributed by atoms with Crippen molar-refractivity contribution in [3.8, 4) is 5.69 Å². The summed E-state index contributed by atoms with van der Waals surface area (Å²) in [6.45, 7) is 17.2. The summed E-state index contributed by atoms with van der Waals surface area (Å²) in [5.41, 5.74) is 2.36. The van der Waals surface area contributed by atoms with Crippen LogP contribution in [0.15, 0.2) is 36.8 Å². The maximum absolute atomic E-state index is 13.9. The number of aryl methyl sites for hydroxylation is 1. The first-order valence-electron chi connectivity index (χ1n) is 14.0. The molecule has 1 atom stereocenters. The van der Waals surface area contributed by atoms with Gasteiger partial charge in [-0.15, -0.1) is 0 Å². The molecule has 210 valence electrons.